The van der Waals surface area contributed by atoms with E-state index >= 15 is 0 Å². The highest BCUT2D eigenvalue weighted by molar-refractivity contribution is 7.80. The molecule has 0 saturated heterocycles. The minimum atomic E-state index is -0.865. The number of nitrogens with one attached hydrogen (secondary N) is 4. The Morgan fingerprint density at radius 2 is 1.64 bits per heavy atom. The van der Waals surface area contributed by atoms with E-state index in [0.29, 0.717) is 17.1 Å². The van der Waals surface area contributed by atoms with Crippen molar-refractivity contribution in [2.75, 3.05) is 17.7 Å². The zero-order valence-electron chi connectivity index (χ0n) is 13.8. The van der Waals surface area contributed by atoms with Crippen molar-refractivity contribution in [3.05, 3.63) is 54.1 Å². The first-order valence-electron chi connectivity index (χ1n) is 7.37. The Morgan fingerprint density at radius 3 is 2.32 bits per heavy atom. The zero-order chi connectivity index (χ0) is 18.2. The molecule has 0 radical (unpaired) electrons. The normalized spacial score (nSPS) is 9.68. The number of hydrazine groups is 1. The summed E-state index contributed by atoms with van der Waals surface area (Å²) in [6.07, 6.45) is 0. The number of ether oxygens (including phenoxy) is 1. The summed E-state index contributed by atoms with van der Waals surface area (Å²) in [4.78, 5) is 23.6. The average Bonchev–Trinajstić information content (AvgIpc) is 2.61. The van der Waals surface area contributed by atoms with Crippen LogP contribution in [0.15, 0.2) is 48.5 Å². The summed E-state index contributed by atoms with van der Waals surface area (Å²) in [7, 11) is 1.56. The van der Waals surface area contributed by atoms with Crippen molar-refractivity contribution in [1.82, 2.24) is 10.9 Å². The van der Waals surface area contributed by atoms with E-state index in [1.807, 2.05) is 19.1 Å². The van der Waals surface area contributed by atoms with E-state index in [0.717, 1.165) is 5.56 Å². The zero-order valence-corrected chi connectivity index (χ0v) is 14.6. The van der Waals surface area contributed by atoms with Crippen molar-refractivity contribution in [3.63, 3.8) is 0 Å². The van der Waals surface area contributed by atoms with Crippen LogP contribution in [0, 0.1) is 6.92 Å². The first-order valence-corrected chi connectivity index (χ1v) is 7.78. The first-order chi connectivity index (χ1) is 12.0. The van der Waals surface area contributed by atoms with Crippen LogP contribution in [0.5, 0.6) is 5.75 Å². The van der Waals surface area contributed by atoms with E-state index in [1.54, 1.807) is 43.5 Å². The molecule has 0 aromatic heterocycles. The minimum Gasteiger partial charge on any atom is -0.497 e. The number of benzene rings is 2. The average molecular weight is 358 g/mol. The summed E-state index contributed by atoms with van der Waals surface area (Å²) < 4.78 is 5.10. The van der Waals surface area contributed by atoms with Crippen molar-refractivity contribution in [3.8, 4) is 5.75 Å². The number of hydrogen-bond acceptors (Lipinski definition) is 4. The van der Waals surface area contributed by atoms with Gasteiger partial charge in [0, 0.05) is 17.4 Å². The molecule has 0 saturated carbocycles. The molecule has 0 atom stereocenters. The molecule has 0 aliphatic heterocycles. The molecular formula is C17H18N4O3S. The van der Waals surface area contributed by atoms with Crippen LogP contribution in [0.1, 0.15) is 5.56 Å². The monoisotopic (exact) mass is 358 g/mol. The lowest BCUT2D eigenvalue weighted by Gasteiger charge is -2.12. The van der Waals surface area contributed by atoms with Crippen molar-refractivity contribution < 1.29 is 14.3 Å². The van der Waals surface area contributed by atoms with Gasteiger partial charge in [-0.1, -0.05) is 23.8 Å². The number of thiocarbonyl (C=S) groups is 1. The Hall–Kier alpha value is -3.13. The third-order valence-corrected chi connectivity index (χ3v) is 3.34. The maximum Gasteiger partial charge on any atom is 0.328 e. The number of carbonyl (C=O) groups excluding carboxylic acids is 2. The van der Waals surface area contributed by atoms with E-state index in [1.165, 1.54) is 0 Å². The summed E-state index contributed by atoms with van der Waals surface area (Å²) in [6.45, 7) is 1.93. The highest BCUT2D eigenvalue weighted by Gasteiger charge is 2.13. The SMILES string of the molecule is COc1cccc(NC(=S)NNC(=O)C(=O)Nc2ccc(C)cc2)c1. The van der Waals surface area contributed by atoms with Gasteiger partial charge >= 0.3 is 11.8 Å². The van der Waals surface area contributed by atoms with Gasteiger partial charge in [-0.2, -0.15) is 0 Å². The topological polar surface area (TPSA) is 91.5 Å². The number of anilines is 2. The number of rotatable bonds is 3. The number of hydrogen-bond donors (Lipinski definition) is 4. The molecule has 130 valence electrons. The fourth-order valence-corrected chi connectivity index (χ4v) is 2.03. The Labute approximate surface area is 150 Å². The fraction of sp³-hybridized carbons (Fsp3) is 0.118. The third kappa shape index (κ3) is 5.78. The van der Waals surface area contributed by atoms with Gasteiger partial charge in [0.1, 0.15) is 5.75 Å². The van der Waals surface area contributed by atoms with E-state index in [4.69, 9.17) is 17.0 Å². The van der Waals surface area contributed by atoms with Crippen LogP contribution in [0.4, 0.5) is 11.4 Å². The van der Waals surface area contributed by atoms with Gasteiger partial charge in [0.25, 0.3) is 0 Å². The van der Waals surface area contributed by atoms with Gasteiger partial charge in [0.2, 0.25) is 0 Å². The lowest BCUT2D eigenvalue weighted by molar-refractivity contribution is -0.136. The molecular weight excluding hydrogens is 340 g/mol. The van der Waals surface area contributed by atoms with Gasteiger partial charge in [-0.3, -0.25) is 20.4 Å². The molecule has 7 nitrogen and oxygen atoms in total. The van der Waals surface area contributed by atoms with Crippen molar-refractivity contribution in [1.29, 1.82) is 0 Å². The summed E-state index contributed by atoms with van der Waals surface area (Å²) in [5.74, 6) is -1.01. The Balaban J connectivity index is 1.80. The number of aryl methyl sites for hydroxylation is 1. The fourth-order valence-electron chi connectivity index (χ4n) is 1.86. The van der Waals surface area contributed by atoms with Crippen LogP contribution in [0.2, 0.25) is 0 Å². The smallest absolute Gasteiger partial charge is 0.328 e. The number of carbonyl (C=O) groups is 2. The summed E-state index contributed by atoms with van der Waals surface area (Å²) in [5.41, 5.74) is 6.95. The summed E-state index contributed by atoms with van der Waals surface area (Å²) in [5, 5.41) is 5.48. The summed E-state index contributed by atoms with van der Waals surface area (Å²) >= 11 is 5.06. The van der Waals surface area contributed by atoms with Gasteiger partial charge in [-0.15, -0.1) is 0 Å². The second-order valence-electron chi connectivity index (χ2n) is 5.09. The maximum absolute atomic E-state index is 11.8. The van der Waals surface area contributed by atoms with Crippen LogP contribution in [0.3, 0.4) is 0 Å². The standard InChI is InChI=1S/C17H18N4O3S/c1-11-6-8-12(9-7-11)18-15(22)16(23)20-21-17(25)19-13-4-3-5-14(10-13)24-2/h3-10H,1-2H3,(H,18,22)(H,20,23)(H2,19,21,25). The first kappa shape index (κ1) is 18.2. The van der Waals surface area contributed by atoms with Crippen molar-refractivity contribution in [2.45, 2.75) is 6.92 Å². The predicted octanol–water partition coefficient (Wildman–Crippen LogP) is 1.96. The van der Waals surface area contributed by atoms with Gasteiger partial charge in [-0.05, 0) is 43.4 Å². The third-order valence-electron chi connectivity index (χ3n) is 3.13. The molecule has 0 aliphatic carbocycles. The molecule has 4 N–H and O–H groups in total. The predicted molar refractivity (Wildman–Crippen MR) is 100 cm³/mol. The molecule has 0 aliphatic rings. The Morgan fingerprint density at radius 1 is 0.920 bits per heavy atom. The van der Waals surface area contributed by atoms with Gasteiger partial charge in [-0.25, -0.2) is 0 Å². The molecule has 8 heteroatoms. The van der Waals surface area contributed by atoms with Gasteiger partial charge in [0.05, 0.1) is 7.11 Å². The molecule has 25 heavy (non-hydrogen) atoms. The van der Waals surface area contributed by atoms with Crippen molar-refractivity contribution >= 4 is 40.5 Å². The van der Waals surface area contributed by atoms with Crippen LogP contribution < -0.4 is 26.2 Å². The van der Waals surface area contributed by atoms with E-state index in [-0.39, 0.29) is 5.11 Å². The molecule has 0 fully saturated rings. The van der Waals surface area contributed by atoms with E-state index in [9.17, 15) is 9.59 Å². The molecule has 0 bridgehead atoms. The molecule has 2 amide bonds. The second-order valence-corrected chi connectivity index (χ2v) is 5.49. The lowest BCUT2D eigenvalue weighted by Crippen LogP contribution is -2.48. The van der Waals surface area contributed by atoms with Crippen molar-refractivity contribution in [2.24, 2.45) is 0 Å². The Kier molecular flexibility index (Phi) is 6.30. The molecule has 0 unspecified atom stereocenters. The van der Waals surface area contributed by atoms with Crippen LogP contribution in [-0.2, 0) is 9.59 Å². The highest BCUT2D eigenvalue weighted by atomic mass is 32.1. The Bertz CT molecular complexity index is 778. The number of methoxy groups -OCH3 is 1. The largest absolute Gasteiger partial charge is 0.497 e. The highest BCUT2D eigenvalue weighted by Crippen LogP contribution is 2.16. The van der Waals surface area contributed by atoms with Crippen LogP contribution in [-0.4, -0.2) is 24.0 Å². The maximum atomic E-state index is 11.8. The quantitative estimate of drug-likeness (QED) is 0.381. The van der Waals surface area contributed by atoms with Crippen LogP contribution >= 0.6 is 12.2 Å². The van der Waals surface area contributed by atoms with Gasteiger partial charge < -0.3 is 15.4 Å². The molecule has 2 aromatic carbocycles. The summed E-state index contributed by atoms with van der Waals surface area (Å²) in [6, 6.07) is 14.2. The molecule has 2 aromatic rings. The van der Waals surface area contributed by atoms with E-state index in [2.05, 4.69) is 21.5 Å². The minimum absolute atomic E-state index is 0.129. The molecule has 2 rings (SSSR count). The van der Waals surface area contributed by atoms with E-state index < -0.39 is 11.8 Å². The second kappa shape index (κ2) is 8.65. The lowest BCUT2D eigenvalue weighted by atomic mass is 10.2. The van der Waals surface area contributed by atoms with Crippen LogP contribution in [0.25, 0.3) is 0 Å². The molecule has 0 spiro atoms. The van der Waals surface area contributed by atoms with Gasteiger partial charge in [0.15, 0.2) is 5.11 Å². The number of amides is 2. The molecule has 0 heterocycles.